The third-order valence-corrected chi connectivity index (χ3v) is 6.91. The molecule has 0 unspecified atom stereocenters. The summed E-state index contributed by atoms with van der Waals surface area (Å²) in [6, 6.07) is 5.59. The lowest BCUT2D eigenvalue weighted by Gasteiger charge is -2.09. The molecular weight excluding hydrogens is 509 g/mol. The maximum absolute atomic E-state index is 13.1. The second kappa shape index (κ2) is 12.3. The highest BCUT2D eigenvalue weighted by Gasteiger charge is 2.26. The lowest BCUT2D eigenvalue weighted by atomic mass is 10.1. The zero-order chi connectivity index (χ0) is 26.2. The van der Waals surface area contributed by atoms with E-state index in [9.17, 15) is 18.8 Å². The van der Waals surface area contributed by atoms with Crippen LogP contribution in [0.25, 0.3) is 0 Å². The van der Waals surface area contributed by atoms with Crippen molar-refractivity contribution in [3.05, 3.63) is 64.6 Å². The van der Waals surface area contributed by atoms with Crippen LogP contribution in [-0.2, 0) is 22.7 Å². The number of ether oxygens (including phenoxy) is 2. The van der Waals surface area contributed by atoms with Crippen LogP contribution in [0.15, 0.2) is 42.1 Å². The van der Waals surface area contributed by atoms with E-state index in [4.69, 9.17) is 15.2 Å². The van der Waals surface area contributed by atoms with Gasteiger partial charge in [0, 0.05) is 6.54 Å². The minimum absolute atomic E-state index is 0.0563. The Hall–Kier alpha value is -3.71. The van der Waals surface area contributed by atoms with Gasteiger partial charge in [0.1, 0.15) is 23.2 Å². The van der Waals surface area contributed by atoms with Crippen molar-refractivity contribution in [1.29, 1.82) is 0 Å². The van der Waals surface area contributed by atoms with Crippen molar-refractivity contribution in [3.8, 4) is 5.75 Å². The van der Waals surface area contributed by atoms with Crippen LogP contribution in [0.3, 0.4) is 0 Å². The van der Waals surface area contributed by atoms with E-state index in [1.54, 1.807) is 24.5 Å². The molecule has 3 aromatic rings. The number of carbonyl (C=O) groups is 3. The summed E-state index contributed by atoms with van der Waals surface area (Å²) in [7, 11) is 0. The molecule has 0 aliphatic rings. The summed E-state index contributed by atoms with van der Waals surface area (Å²) in [6.07, 6.45) is 1.65. The van der Waals surface area contributed by atoms with Gasteiger partial charge in [-0.3, -0.25) is 14.2 Å². The summed E-state index contributed by atoms with van der Waals surface area (Å²) >= 11 is 2.04. The van der Waals surface area contributed by atoms with Gasteiger partial charge in [0.25, 0.3) is 5.91 Å². The van der Waals surface area contributed by atoms with Gasteiger partial charge in [-0.05, 0) is 43.7 Å². The molecule has 0 saturated heterocycles. The zero-order valence-electron chi connectivity index (χ0n) is 19.6. The molecule has 10 nitrogen and oxygen atoms in total. The molecule has 3 rings (SSSR count). The number of anilines is 1. The summed E-state index contributed by atoms with van der Waals surface area (Å²) in [5, 5.41) is 11.6. The molecule has 0 spiro atoms. The van der Waals surface area contributed by atoms with Crippen molar-refractivity contribution in [1.82, 2.24) is 14.8 Å². The highest BCUT2D eigenvalue weighted by Crippen LogP contribution is 2.34. The number of nitrogens with two attached hydrogens (primary N) is 1. The fraction of sp³-hybridized carbons (Fsp3) is 0.261. The molecule has 0 radical (unpaired) electrons. The van der Waals surface area contributed by atoms with E-state index in [0.717, 1.165) is 23.1 Å². The molecule has 0 aliphatic heterocycles. The van der Waals surface area contributed by atoms with Gasteiger partial charge in [0.15, 0.2) is 11.0 Å². The number of amides is 2. The molecule has 0 bridgehead atoms. The van der Waals surface area contributed by atoms with E-state index in [1.807, 2.05) is 0 Å². The first-order valence-electron chi connectivity index (χ1n) is 10.7. The van der Waals surface area contributed by atoms with Gasteiger partial charge in [0.2, 0.25) is 5.91 Å². The van der Waals surface area contributed by atoms with Crippen LogP contribution in [0.4, 0.5) is 9.39 Å². The number of nitrogens with one attached hydrogen (secondary N) is 1. The van der Waals surface area contributed by atoms with Gasteiger partial charge in [-0.15, -0.1) is 28.1 Å². The zero-order valence-corrected chi connectivity index (χ0v) is 21.2. The van der Waals surface area contributed by atoms with Gasteiger partial charge in [-0.25, -0.2) is 9.18 Å². The standard InChI is InChI=1S/C23H24FN5O5S2/c1-4-10-29-16(11-34-15-8-6-14(24)7-9-15)27-28-23(29)35-12-17(30)26-21-18(22(32)33-5-2)13(3)19(36-21)20(25)31/h4,6-9H,1,5,10-12H2,2-3H3,(H2,25,31)(H,26,30). The molecule has 0 atom stereocenters. The maximum atomic E-state index is 13.1. The van der Waals surface area contributed by atoms with E-state index >= 15 is 0 Å². The summed E-state index contributed by atoms with van der Waals surface area (Å²) < 4.78 is 25.5. The first-order chi connectivity index (χ1) is 17.2. The summed E-state index contributed by atoms with van der Waals surface area (Å²) in [5.74, 6) is -1.25. The highest BCUT2D eigenvalue weighted by molar-refractivity contribution is 7.99. The molecule has 3 N–H and O–H groups in total. The van der Waals surface area contributed by atoms with Crippen molar-refractivity contribution in [3.63, 3.8) is 0 Å². The minimum Gasteiger partial charge on any atom is -0.486 e. The monoisotopic (exact) mass is 533 g/mol. The van der Waals surface area contributed by atoms with E-state index in [1.165, 1.54) is 24.3 Å². The van der Waals surface area contributed by atoms with E-state index in [-0.39, 0.29) is 40.2 Å². The molecule has 1 aromatic carbocycles. The molecule has 0 fully saturated rings. The molecule has 0 saturated carbocycles. The predicted molar refractivity (Wildman–Crippen MR) is 134 cm³/mol. The Balaban J connectivity index is 1.70. The average Bonchev–Trinajstić information content (AvgIpc) is 3.37. The number of thiophene rings is 1. The molecule has 0 aliphatic carbocycles. The number of benzene rings is 1. The second-order valence-electron chi connectivity index (χ2n) is 7.22. The Morgan fingerprint density at radius 1 is 1.28 bits per heavy atom. The number of primary amides is 1. The lowest BCUT2D eigenvalue weighted by molar-refractivity contribution is -0.113. The molecule has 36 heavy (non-hydrogen) atoms. The third kappa shape index (κ3) is 6.49. The Morgan fingerprint density at radius 2 is 2.00 bits per heavy atom. The number of halogens is 1. The Bertz CT molecular complexity index is 1270. The van der Waals surface area contributed by atoms with Crippen LogP contribution in [0.2, 0.25) is 0 Å². The fourth-order valence-electron chi connectivity index (χ4n) is 3.10. The smallest absolute Gasteiger partial charge is 0.341 e. The van der Waals surface area contributed by atoms with Gasteiger partial charge >= 0.3 is 5.97 Å². The van der Waals surface area contributed by atoms with Crippen molar-refractivity contribution in [2.75, 3.05) is 17.7 Å². The minimum atomic E-state index is -0.703. The average molecular weight is 534 g/mol. The normalized spacial score (nSPS) is 10.6. The summed E-state index contributed by atoms with van der Waals surface area (Å²) in [4.78, 5) is 37.0. The number of thioether (sulfide) groups is 1. The first kappa shape index (κ1) is 26.9. The van der Waals surface area contributed by atoms with E-state index in [0.29, 0.717) is 28.8 Å². The van der Waals surface area contributed by atoms with Gasteiger partial charge in [-0.1, -0.05) is 17.8 Å². The largest absolute Gasteiger partial charge is 0.486 e. The number of esters is 1. The summed E-state index contributed by atoms with van der Waals surface area (Å²) in [6.45, 7) is 7.54. The van der Waals surface area contributed by atoms with Crippen LogP contribution >= 0.6 is 23.1 Å². The molecular formula is C23H24FN5O5S2. The molecule has 2 heterocycles. The topological polar surface area (TPSA) is 138 Å². The van der Waals surface area contributed by atoms with Crippen molar-refractivity contribution < 1.29 is 28.2 Å². The number of hydrogen-bond acceptors (Lipinski definition) is 9. The Kier molecular flexibility index (Phi) is 9.19. The van der Waals surface area contributed by atoms with E-state index in [2.05, 4.69) is 22.1 Å². The summed E-state index contributed by atoms with van der Waals surface area (Å²) in [5.41, 5.74) is 5.86. The van der Waals surface area contributed by atoms with Crippen LogP contribution in [0.1, 0.15) is 38.3 Å². The quantitative estimate of drug-likeness (QED) is 0.205. The van der Waals surface area contributed by atoms with Crippen molar-refractivity contribution in [2.45, 2.75) is 32.2 Å². The number of aromatic nitrogens is 3. The maximum Gasteiger partial charge on any atom is 0.341 e. The van der Waals surface area contributed by atoms with Gasteiger partial charge in [-0.2, -0.15) is 0 Å². The molecule has 2 aromatic heterocycles. The van der Waals surface area contributed by atoms with Gasteiger partial charge in [0.05, 0.1) is 22.8 Å². The van der Waals surface area contributed by atoms with Crippen molar-refractivity contribution in [2.24, 2.45) is 5.73 Å². The second-order valence-corrected chi connectivity index (χ2v) is 9.19. The van der Waals surface area contributed by atoms with Gasteiger partial charge < -0.3 is 20.5 Å². The number of rotatable bonds is 12. The molecule has 2 amide bonds. The fourth-order valence-corrected chi connectivity index (χ4v) is 4.93. The number of hydrogen-bond donors (Lipinski definition) is 2. The molecule has 190 valence electrons. The van der Waals surface area contributed by atoms with Crippen molar-refractivity contribution >= 4 is 45.9 Å². The SMILES string of the molecule is C=CCn1c(COc2ccc(F)cc2)nnc1SCC(=O)Nc1sc(C(N)=O)c(C)c1C(=O)OCC. The number of allylic oxidation sites excluding steroid dienone is 1. The number of carbonyl (C=O) groups excluding carboxylic acids is 3. The lowest BCUT2D eigenvalue weighted by Crippen LogP contribution is -2.17. The van der Waals surface area contributed by atoms with E-state index < -0.39 is 17.8 Å². The van der Waals surface area contributed by atoms with Crippen LogP contribution in [0.5, 0.6) is 5.75 Å². The first-order valence-corrected chi connectivity index (χ1v) is 12.5. The highest BCUT2D eigenvalue weighted by atomic mass is 32.2. The third-order valence-electron chi connectivity index (χ3n) is 4.72. The Morgan fingerprint density at radius 3 is 2.64 bits per heavy atom. The van der Waals surface area contributed by atoms with Crippen LogP contribution < -0.4 is 15.8 Å². The predicted octanol–water partition coefficient (Wildman–Crippen LogP) is 3.56. The Labute approximate surface area is 214 Å². The van der Waals surface area contributed by atoms with Crippen LogP contribution in [0, 0.1) is 12.7 Å². The number of nitrogens with zero attached hydrogens (tertiary/aromatic N) is 3. The van der Waals surface area contributed by atoms with Crippen LogP contribution in [-0.4, -0.2) is 44.9 Å². The molecule has 13 heteroatoms.